The zero-order valence-corrected chi connectivity index (χ0v) is 16.0. The summed E-state index contributed by atoms with van der Waals surface area (Å²) < 4.78 is 8.41. The Balaban J connectivity index is 1.60. The van der Waals surface area contributed by atoms with Crippen molar-refractivity contribution in [2.45, 2.75) is 43.4 Å². The van der Waals surface area contributed by atoms with Crippen molar-refractivity contribution >= 4 is 33.7 Å². The number of hydrogen-bond acceptors (Lipinski definition) is 5. The van der Waals surface area contributed by atoms with E-state index in [0.29, 0.717) is 5.16 Å². The first-order valence-corrected chi connectivity index (χ1v) is 9.89. The SMILES string of the molecule is Cn1c(SCC(=O)OC2CCCCC2)nnc1-c1ccccc1Br. The standard InChI is InChI=1S/C17H20BrN3O2S/c1-21-16(13-9-5-6-10-14(13)18)19-20-17(21)24-11-15(22)23-12-7-3-2-4-8-12/h5-6,9-10,12H,2-4,7-8,11H2,1H3. The molecule has 1 aliphatic rings. The van der Waals surface area contributed by atoms with Crippen LogP contribution in [0, 0.1) is 0 Å². The van der Waals surface area contributed by atoms with Gasteiger partial charge < -0.3 is 9.30 Å². The molecule has 0 N–H and O–H groups in total. The van der Waals surface area contributed by atoms with Crippen LogP contribution < -0.4 is 0 Å². The van der Waals surface area contributed by atoms with Crippen molar-refractivity contribution in [1.82, 2.24) is 14.8 Å². The van der Waals surface area contributed by atoms with Crippen molar-refractivity contribution in [3.63, 3.8) is 0 Å². The molecular weight excluding hydrogens is 390 g/mol. The Bertz CT molecular complexity index is 714. The Morgan fingerprint density at radius 2 is 2.04 bits per heavy atom. The zero-order chi connectivity index (χ0) is 16.9. The number of thioether (sulfide) groups is 1. The van der Waals surface area contributed by atoms with E-state index in [1.165, 1.54) is 18.2 Å². The molecular formula is C17H20BrN3O2S. The van der Waals surface area contributed by atoms with E-state index in [0.717, 1.165) is 41.5 Å². The van der Waals surface area contributed by atoms with E-state index >= 15 is 0 Å². The zero-order valence-electron chi connectivity index (χ0n) is 13.6. The van der Waals surface area contributed by atoms with Gasteiger partial charge in [0, 0.05) is 17.1 Å². The Labute approximate surface area is 154 Å². The maximum atomic E-state index is 12.0. The molecule has 128 valence electrons. The molecule has 3 rings (SSSR count). The van der Waals surface area contributed by atoms with Gasteiger partial charge in [-0.25, -0.2) is 0 Å². The molecule has 1 aromatic carbocycles. The van der Waals surface area contributed by atoms with E-state index in [2.05, 4.69) is 26.1 Å². The highest BCUT2D eigenvalue weighted by molar-refractivity contribution is 9.10. The summed E-state index contributed by atoms with van der Waals surface area (Å²) in [5.41, 5.74) is 0.976. The first kappa shape index (κ1) is 17.5. The molecule has 0 spiro atoms. The number of carbonyl (C=O) groups is 1. The van der Waals surface area contributed by atoms with Gasteiger partial charge in [0.2, 0.25) is 0 Å². The summed E-state index contributed by atoms with van der Waals surface area (Å²) in [5, 5.41) is 9.16. The molecule has 0 unspecified atom stereocenters. The fourth-order valence-corrected chi connectivity index (χ4v) is 4.00. The molecule has 0 atom stereocenters. The quantitative estimate of drug-likeness (QED) is 0.546. The molecule has 0 radical (unpaired) electrons. The van der Waals surface area contributed by atoms with Gasteiger partial charge in [-0.3, -0.25) is 4.79 Å². The monoisotopic (exact) mass is 409 g/mol. The Morgan fingerprint density at radius 1 is 1.29 bits per heavy atom. The molecule has 7 heteroatoms. The van der Waals surface area contributed by atoms with Crippen molar-refractivity contribution < 1.29 is 9.53 Å². The average molecular weight is 410 g/mol. The smallest absolute Gasteiger partial charge is 0.316 e. The first-order chi connectivity index (χ1) is 11.6. The molecule has 0 saturated heterocycles. The first-order valence-electron chi connectivity index (χ1n) is 8.11. The van der Waals surface area contributed by atoms with Gasteiger partial charge in [0.15, 0.2) is 11.0 Å². The van der Waals surface area contributed by atoms with Crippen molar-refractivity contribution in [1.29, 1.82) is 0 Å². The van der Waals surface area contributed by atoms with E-state index in [1.54, 1.807) is 0 Å². The minimum atomic E-state index is -0.169. The molecule has 1 saturated carbocycles. The minimum absolute atomic E-state index is 0.0992. The molecule has 2 aromatic rings. The van der Waals surface area contributed by atoms with E-state index in [9.17, 15) is 4.79 Å². The van der Waals surface area contributed by atoms with E-state index in [4.69, 9.17) is 4.74 Å². The second-order valence-electron chi connectivity index (χ2n) is 5.88. The van der Waals surface area contributed by atoms with Crippen LogP contribution in [0.1, 0.15) is 32.1 Å². The molecule has 1 fully saturated rings. The number of benzene rings is 1. The fourth-order valence-electron chi connectivity index (χ4n) is 2.84. The predicted molar refractivity (Wildman–Crippen MR) is 97.8 cm³/mol. The van der Waals surface area contributed by atoms with Gasteiger partial charge >= 0.3 is 5.97 Å². The van der Waals surface area contributed by atoms with Crippen LogP contribution in [0.3, 0.4) is 0 Å². The lowest BCUT2D eigenvalue weighted by Crippen LogP contribution is -2.22. The molecule has 1 aromatic heterocycles. The van der Waals surface area contributed by atoms with Crippen LogP contribution in [0.5, 0.6) is 0 Å². The highest BCUT2D eigenvalue weighted by Gasteiger charge is 2.19. The second-order valence-corrected chi connectivity index (χ2v) is 7.68. The number of ether oxygens (including phenoxy) is 1. The summed E-state index contributed by atoms with van der Waals surface area (Å²) in [7, 11) is 1.91. The van der Waals surface area contributed by atoms with Gasteiger partial charge in [-0.15, -0.1) is 10.2 Å². The molecule has 0 aliphatic heterocycles. The number of esters is 1. The van der Waals surface area contributed by atoms with Crippen LogP contribution in [0.2, 0.25) is 0 Å². The third-order valence-corrected chi connectivity index (χ3v) is 5.80. The van der Waals surface area contributed by atoms with Crippen LogP contribution in [-0.2, 0) is 16.6 Å². The highest BCUT2D eigenvalue weighted by Crippen LogP contribution is 2.28. The number of hydrogen-bond donors (Lipinski definition) is 0. The second kappa shape index (κ2) is 8.16. The van der Waals surface area contributed by atoms with Gasteiger partial charge in [0.1, 0.15) is 6.10 Å². The van der Waals surface area contributed by atoms with Crippen LogP contribution in [0.15, 0.2) is 33.9 Å². The van der Waals surface area contributed by atoms with Crippen molar-refractivity contribution in [2.24, 2.45) is 7.05 Å². The van der Waals surface area contributed by atoms with Gasteiger partial charge in [-0.2, -0.15) is 0 Å². The molecule has 1 aliphatic carbocycles. The lowest BCUT2D eigenvalue weighted by atomic mass is 9.98. The van der Waals surface area contributed by atoms with Crippen molar-refractivity contribution in [3.8, 4) is 11.4 Å². The molecule has 0 amide bonds. The summed E-state index contributed by atoms with van der Waals surface area (Å²) in [6, 6.07) is 7.88. The Hall–Kier alpha value is -1.34. The van der Waals surface area contributed by atoms with Crippen molar-refractivity contribution in [3.05, 3.63) is 28.7 Å². The number of halogens is 1. The number of carbonyl (C=O) groups excluding carboxylic acids is 1. The molecule has 1 heterocycles. The predicted octanol–water partition coefficient (Wildman–Crippen LogP) is 4.21. The summed E-state index contributed by atoms with van der Waals surface area (Å²) in [6.45, 7) is 0. The summed E-state index contributed by atoms with van der Waals surface area (Å²) >= 11 is 4.90. The lowest BCUT2D eigenvalue weighted by Gasteiger charge is -2.21. The molecule has 24 heavy (non-hydrogen) atoms. The number of aromatic nitrogens is 3. The van der Waals surface area contributed by atoms with Gasteiger partial charge in [-0.05, 0) is 31.7 Å². The summed E-state index contributed by atoms with van der Waals surface area (Å²) in [4.78, 5) is 12.0. The van der Waals surface area contributed by atoms with Crippen LogP contribution >= 0.6 is 27.7 Å². The van der Waals surface area contributed by atoms with Gasteiger partial charge in [0.05, 0.1) is 5.75 Å². The van der Waals surface area contributed by atoms with E-state index in [-0.39, 0.29) is 17.8 Å². The van der Waals surface area contributed by atoms with E-state index < -0.39 is 0 Å². The van der Waals surface area contributed by atoms with Crippen LogP contribution in [0.25, 0.3) is 11.4 Å². The third kappa shape index (κ3) is 4.19. The highest BCUT2D eigenvalue weighted by atomic mass is 79.9. The largest absolute Gasteiger partial charge is 0.462 e. The fraction of sp³-hybridized carbons (Fsp3) is 0.471. The summed E-state index contributed by atoms with van der Waals surface area (Å²) in [6.07, 6.45) is 5.65. The maximum absolute atomic E-state index is 12.0. The Morgan fingerprint density at radius 3 is 2.79 bits per heavy atom. The summed E-state index contributed by atoms with van der Waals surface area (Å²) in [5.74, 6) is 0.862. The normalized spacial score (nSPS) is 15.4. The number of nitrogens with zero attached hydrogens (tertiary/aromatic N) is 3. The average Bonchev–Trinajstić information content (AvgIpc) is 2.95. The topological polar surface area (TPSA) is 57.0 Å². The van der Waals surface area contributed by atoms with Crippen LogP contribution in [0.4, 0.5) is 0 Å². The maximum Gasteiger partial charge on any atom is 0.316 e. The minimum Gasteiger partial charge on any atom is -0.462 e. The lowest BCUT2D eigenvalue weighted by molar-refractivity contribution is -0.147. The van der Waals surface area contributed by atoms with Gasteiger partial charge in [0.25, 0.3) is 0 Å². The Kier molecular flexibility index (Phi) is 5.94. The van der Waals surface area contributed by atoms with Gasteiger partial charge in [-0.1, -0.05) is 52.3 Å². The molecule has 0 bridgehead atoms. The third-order valence-electron chi connectivity index (χ3n) is 4.12. The van der Waals surface area contributed by atoms with Crippen molar-refractivity contribution in [2.75, 3.05) is 5.75 Å². The molecule has 5 nitrogen and oxygen atoms in total. The van der Waals surface area contributed by atoms with E-state index in [1.807, 2.05) is 35.9 Å². The number of rotatable bonds is 5. The van der Waals surface area contributed by atoms with Crippen LogP contribution in [-0.4, -0.2) is 32.6 Å².